The van der Waals surface area contributed by atoms with E-state index >= 15 is 0 Å². The summed E-state index contributed by atoms with van der Waals surface area (Å²) in [4.78, 5) is 25.8. The van der Waals surface area contributed by atoms with Crippen LogP contribution in [0.4, 0.5) is 5.69 Å². The second kappa shape index (κ2) is 8.49. The maximum absolute atomic E-state index is 12.8. The third-order valence-electron chi connectivity index (χ3n) is 5.08. The number of carbonyl (C=O) groups is 1. The van der Waals surface area contributed by atoms with Crippen LogP contribution in [0.2, 0.25) is 0 Å². The zero-order valence-corrected chi connectivity index (χ0v) is 18.5. The molecule has 31 heavy (non-hydrogen) atoms. The average molecular weight is 451 g/mol. The first-order chi connectivity index (χ1) is 14.8. The quantitative estimate of drug-likeness (QED) is 0.209. The van der Waals surface area contributed by atoms with Crippen molar-refractivity contribution in [2.24, 2.45) is 0 Å². The van der Waals surface area contributed by atoms with Gasteiger partial charge in [0.1, 0.15) is 15.8 Å². The number of carbonyl (C=O) groups excluding carboxylic acids is 1. The van der Waals surface area contributed by atoms with Crippen molar-refractivity contribution in [1.82, 2.24) is 4.90 Å². The minimum Gasteiger partial charge on any atom is -0.457 e. The molecule has 0 N–H and O–H groups in total. The predicted octanol–water partition coefficient (Wildman–Crippen LogP) is 5.87. The van der Waals surface area contributed by atoms with Crippen molar-refractivity contribution in [1.29, 1.82) is 0 Å². The fourth-order valence-electron chi connectivity index (χ4n) is 3.29. The maximum Gasteiger partial charge on any atom is 0.273 e. The Balaban J connectivity index is 1.58. The van der Waals surface area contributed by atoms with Gasteiger partial charge in [-0.2, -0.15) is 0 Å². The molecule has 4 rings (SSSR count). The standard InChI is InChI=1S/C23H18N2O4S2/c1-14-10-17(11-19(15(14)2)25(27)28)20-9-8-18(29-20)12-21-22(26)24(23(30)31-21)13-16-6-4-3-5-7-16/h3-12H,13H2,1-2H3/b21-12-. The molecule has 3 aromatic rings. The van der Waals surface area contributed by atoms with E-state index in [0.717, 1.165) is 11.1 Å². The Morgan fingerprint density at radius 2 is 1.90 bits per heavy atom. The molecular formula is C23H18N2O4S2. The molecular weight excluding hydrogens is 432 g/mol. The Morgan fingerprint density at radius 3 is 2.61 bits per heavy atom. The molecule has 0 saturated carbocycles. The topological polar surface area (TPSA) is 76.6 Å². The molecule has 1 aliphatic rings. The molecule has 0 radical (unpaired) electrons. The first-order valence-corrected chi connectivity index (χ1v) is 10.7. The lowest BCUT2D eigenvalue weighted by molar-refractivity contribution is -0.385. The van der Waals surface area contributed by atoms with Crippen LogP contribution >= 0.6 is 24.0 Å². The number of nitro groups is 1. The molecule has 156 valence electrons. The maximum atomic E-state index is 12.8. The van der Waals surface area contributed by atoms with Gasteiger partial charge in [-0.15, -0.1) is 0 Å². The molecule has 0 aliphatic carbocycles. The molecule has 1 amide bonds. The summed E-state index contributed by atoms with van der Waals surface area (Å²) >= 11 is 6.62. The van der Waals surface area contributed by atoms with Crippen molar-refractivity contribution >= 4 is 46.0 Å². The minimum absolute atomic E-state index is 0.0507. The number of rotatable bonds is 5. The van der Waals surface area contributed by atoms with Crippen LogP contribution in [0.5, 0.6) is 0 Å². The molecule has 8 heteroatoms. The van der Waals surface area contributed by atoms with Gasteiger partial charge in [-0.25, -0.2) is 0 Å². The second-order valence-electron chi connectivity index (χ2n) is 7.15. The number of hydrogen-bond acceptors (Lipinski definition) is 6. The lowest BCUT2D eigenvalue weighted by atomic mass is 10.0. The Bertz CT molecular complexity index is 1230. The molecule has 1 saturated heterocycles. The molecule has 0 atom stereocenters. The number of thioether (sulfide) groups is 1. The van der Waals surface area contributed by atoms with E-state index in [1.54, 1.807) is 30.0 Å². The average Bonchev–Trinajstić information content (AvgIpc) is 3.31. The Labute approximate surface area is 188 Å². The van der Waals surface area contributed by atoms with E-state index in [9.17, 15) is 14.9 Å². The van der Waals surface area contributed by atoms with Gasteiger partial charge in [-0.1, -0.05) is 54.3 Å². The molecule has 2 aromatic carbocycles. The molecule has 0 spiro atoms. The van der Waals surface area contributed by atoms with Gasteiger partial charge >= 0.3 is 0 Å². The third kappa shape index (κ3) is 4.30. The number of hydrogen-bond donors (Lipinski definition) is 0. The molecule has 2 heterocycles. The number of nitrogens with zero attached hydrogens (tertiary/aromatic N) is 2. The van der Waals surface area contributed by atoms with Crippen LogP contribution in [0, 0.1) is 24.0 Å². The highest BCUT2D eigenvalue weighted by molar-refractivity contribution is 8.26. The van der Waals surface area contributed by atoms with Gasteiger partial charge in [-0.05, 0) is 43.2 Å². The van der Waals surface area contributed by atoms with E-state index in [2.05, 4.69) is 0 Å². The van der Waals surface area contributed by atoms with Gasteiger partial charge in [0.25, 0.3) is 11.6 Å². The molecule has 1 aliphatic heterocycles. The summed E-state index contributed by atoms with van der Waals surface area (Å²) in [6.45, 7) is 3.97. The SMILES string of the molecule is Cc1cc(-c2ccc(/C=C3\SC(=S)N(Cc4ccccc4)C3=O)o2)cc([N+](=O)[O-])c1C. The first-order valence-electron chi connectivity index (χ1n) is 9.48. The predicted molar refractivity (Wildman–Crippen MR) is 125 cm³/mol. The molecule has 1 fully saturated rings. The van der Waals surface area contributed by atoms with Gasteiger partial charge in [0.15, 0.2) is 0 Å². The van der Waals surface area contributed by atoms with Crippen LogP contribution in [-0.2, 0) is 11.3 Å². The number of thiocarbonyl (C=S) groups is 1. The van der Waals surface area contributed by atoms with E-state index in [0.29, 0.717) is 38.4 Å². The number of aryl methyl sites for hydroxylation is 1. The zero-order valence-electron chi connectivity index (χ0n) is 16.8. The number of furan rings is 1. The second-order valence-corrected chi connectivity index (χ2v) is 8.83. The van der Waals surface area contributed by atoms with E-state index in [1.807, 2.05) is 43.3 Å². The monoisotopic (exact) mass is 450 g/mol. The third-order valence-corrected chi connectivity index (χ3v) is 6.46. The number of amides is 1. The van der Waals surface area contributed by atoms with Crippen LogP contribution in [0.3, 0.4) is 0 Å². The van der Waals surface area contributed by atoms with E-state index < -0.39 is 4.92 Å². The Kier molecular flexibility index (Phi) is 5.75. The van der Waals surface area contributed by atoms with Crippen LogP contribution < -0.4 is 0 Å². The largest absolute Gasteiger partial charge is 0.457 e. The van der Waals surface area contributed by atoms with Crippen LogP contribution in [0.1, 0.15) is 22.5 Å². The fourth-order valence-corrected chi connectivity index (χ4v) is 4.52. The van der Waals surface area contributed by atoms with Crippen LogP contribution in [-0.4, -0.2) is 20.1 Å². The smallest absolute Gasteiger partial charge is 0.273 e. The highest BCUT2D eigenvalue weighted by Gasteiger charge is 2.32. The van der Waals surface area contributed by atoms with Gasteiger partial charge in [0, 0.05) is 23.3 Å². The van der Waals surface area contributed by atoms with Gasteiger partial charge < -0.3 is 4.42 Å². The molecule has 6 nitrogen and oxygen atoms in total. The summed E-state index contributed by atoms with van der Waals surface area (Å²) < 4.78 is 6.37. The summed E-state index contributed by atoms with van der Waals surface area (Å²) in [6, 6.07) is 16.5. The highest BCUT2D eigenvalue weighted by atomic mass is 32.2. The molecule has 0 unspecified atom stereocenters. The summed E-state index contributed by atoms with van der Waals surface area (Å²) in [5.74, 6) is 0.812. The van der Waals surface area contributed by atoms with Crippen molar-refractivity contribution in [2.75, 3.05) is 0 Å². The van der Waals surface area contributed by atoms with Crippen molar-refractivity contribution in [3.8, 4) is 11.3 Å². The number of nitro benzene ring substituents is 1. The van der Waals surface area contributed by atoms with Crippen molar-refractivity contribution < 1.29 is 14.1 Å². The highest BCUT2D eigenvalue weighted by Crippen LogP contribution is 2.35. The number of benzene rings is 2. The zero-order chi connectivity index (χ0) is 22.1. The van der Waals surface area contributed by atoms with Crippen molar-refractivity contribution in [2.45, 2.75) is 20.4 Å². The summed E-state index contributed by atoms with van der Waals surface area (Å²) in [7, 11) is 0. The summed E-state index contributed by atoms with van der Waals surface area (Å²) in [6.07, 6.45) is 1.66. The summed E-state index contributed by atoms with van der Waals surface area (Å²) in [5.41, 5.74) is 3.10. The first kappa shape index (κ1) is 21.0. The van der Waals surface area contributed by atoms with Crippen LogP contribution in [0.25, 0.3) is 17.4 Å². The van der Waals surface area contributed by atoms with Gasteiger partial charge in [-0.3, -0.25) is 19.8 Å². The van der Waals surface area contributed by atoms with Crippen molar-refractivity contribution in [3.05, 3.63) is 92.1 Å². The summed E-state index contributed by atoms with van der Waals surface area (Å²) in [5, 5.41) is 11.3. The Hall–Kier alpha value is -3.23. The van der Waals surface area contributed by atoms with Crippen LogP contribution in [0.15, 0.2) is 63.9 Å². The molecule has 1 aromatic heterocycles. The van der Waals surface area contributed by atoms with Crippen molar-refractivity contribution in [3.63, 3.8) is 0 Å². The lowest BCUT2D eigenvalue weighted by Crippen LogP contribution is -2.27. The normalized spacial score (nSPS) is 15.2. The van der Waals surface area contributed by atoms with Gasteiger partial charge in [0.2, 0.25) is 0 Å². The van der Waals surface area contributed by atoms with E-state index in [4.69, 9.17) is 16.6 Å². The fraction of sp³-hybridized carbons (Fsp3) is 0.130. The Morgan fingerprint density at radius 1 is 1.16 bits per heavy atom. The van der Waals surface area contributed by atoms with E-state index in [1.165, 1.54) is 17.8 Å². The minimum atomic E-state index is -0.395. The molecule has 0 bridgehead atoms. The van der Waals surface area contributed by atoms with Gasteiger partial charge in [0.05, 0.1) is 16.4 Å². The van der Waals surface area contributed by atoms with E-state index in [-0.39, 0.29) is 11.6 Å². The lowest BCUT2D eigenvalue weighted by Gasteiger charge is -2.14.